The van der Waals surface area contributed by atoms with E-state index in [4.69, 9.17) is 0 Å². The number of rotatable bonds is 5. The summed E-state index contributed by atoms with van der Waals surface area (Å²) >= 11 is 1.38. The zero-order chi connectivity index (χ0) is 19.7. The van der Waals surface area contributed by atoms with Crippen LogP contribution in [0, 0.1) is 0 Å². The van der Waals surface area contributed by atoms with Gasteiger partial charge in [0.25, 0.3) is 0 Å². The Hall–Kier alpha value is -3.32. The number of hydrogen-bond donors (Lipinski definition) is 0. The third kappa shape index (κ3) is 3.10. The molecule has 0 spiro atoms. The lowest BCUT2D eigenvalue weighted by molar-refractivity contribution is -0.116. The Kier molecular flexibility index (Phi) is 4.75. The van der Waals surface area contributed by atoms with Crippen molar-refractivity contribution < 1.29 is 9.59 Å². The van der Waals surface area contributed by atoms with Gasteiger partial charge in [-0.15, -0.1) is 11.3 Å². The molecule has 0 bridgehead atoms. The van der Waals surface area contributed by atoms with Crippen LogP contribution >= 0.6 is 11.3 Å². The van der Waals surface area contributed by atoms with Gasteiger partial charge in [0, 0.05) is 30.9 Å². The van der Waals surface area contributed by atoms with Crippen molar-refractivity contribution in [1.29, 1.82) is 0 Å². The van der Waals surface area contributed by atoms with Crippen LogP contribution in [0.1, 0.15) is 29.2 Å². The molecular formula is C21H18N4O2S. The van der Waals surface area contributed by atoms with Crippen LogP contribution in [0.25, 0.3) is 16.9 Å². The number of aromatic nitrogens is 3. The van der Waals surface area contributed by atoms with Crippen molar-refractivity contribution in [3.63, 3.8) is 0 Å². The third-order valence-electron chi connectivity index (χ3n) is 4.54. The standard InChI is InChI=1S/C21H18N4O2S/c1-3-24(14(2)26)16-7-4-6-15(12-16)17-9-10-22-21-19(23-13-25(17)21)20(27)18-8-5-11-28-18/h4-13H,3H2,1-2H3. The molecule has 3 aromatic heterocycles. The fraction of sp³-hybridized carbons (Fsp3) is 0.143. The van der Waals surface area contributed by atoms with Crippen LogP contribution in [0.2, 0.25) is 0 Å². The van der Waals surface area contributed by atoms with Crippen LogP contribution in [0.3, 0.4) is 0 Å². The van der Waals surface area contributed by atoms with Crippen LogP contribution < -0.4 is 4.90 Å². The summed E-state index contributed by atoms with van der Waals surface area (Å²) in [6.07, 6.45) is 3.29. The minimum absolute atomic E-state index is 0.00835. The molecule has 0 atom stereocenters. The number of benzene rings is 1. The number of carbonyl (C=O) groups excluding carboxylic acids is 2. The van der Waals surface area contributed by atoms with Gasteiger partial charge in [-0.1, -0.05) is 18.2 Å². The average molecular weight is 390 g/mol. The van der Waals surface area contributed by atoms with Crippen molar-refractivity contribution in [2.75, 3.05) is 11.4 Å². The van der Waals surface area contributed by atoms with E-state index < -0.39 is 0 Å². The Labute approximate surface area is 166 Å². The topological polar surface area (TPSA) is 67.6 Å². The normalized spacial score (nSPS) is 10.9. The van der Waals surface area contributed by atoms with Crippen LogP contribution in [0.5, 0.6) is 0 Å². The highest BCUT2D eigenvalue weighted by Crippen LogP contribution is 2.26. The predicted molar refractivity (Wildman–Crippen MR) is 110 cm³/mol. The highest BCUT2D eigenvalue weighted by Gasteiger charge is 2.19. The molecule has 0 aliphatic heterocycles. The van der Waals surface area contributed by atoms with Gasteiger partial charge in [-0.25, -0.2) is 9.97 Å². The quantitative estimate of drug-likeness (QED) is 0.482. The molecule has 0 aliphatic rings. The zero-order valence-electron chi connectivity index (χ0n) is 15.5. The molecule has 0 saturated heterocycles. The van der Waals surface area contributed by atoms with Gasteiger partial charge in [-0.3, -0.25) is 14.0 Å². The number of imidazole rings is 1. The Bertz CT molecular complexity index is 1160. The summed E-state index contributed by atoms with van der Waals surface area (Å²) < 4.78 is 1.81. The van der Waals surface area contributed by atoms with Crippen molar-refractivity contribution in [2.24, 2.45) is 0 Å². The van der Waals surface area contributed by atoms with Gasteiger partial charge in [-0.2, -0.15) is 0 Å². The molecule has 28 heavy (non-hydrogen) atoms. The van der Waals surface area contributed by atoms with Crippen LogP contribution in [-0.2, 0) is 4.79 Å². The lowest BCUT2D eigenvalue weighted by atomic mass is 10.1. The van der Waals surface area contributed by atoms with Crippen molar-refractivity contribution >= 4 is 34.4 Å². The maximum Gasteiger partial charge on any atom is 0.225 e. The molecule has 1 aromatic carbocycles. The average Bonchev–Trinajstić information content (AvgIpc) is 3.38. The second kappa shape index (κ2) is 7.36. The molecule has 0 radical (unpaired) electrons. The molecule has 140 valence electrons. The first-order chi connectivity index (χ1) is 13.6. The van der Waals surface area contributed by atoms with E-state index in [9.17, 15) is 9.59 Å². The third-order valence-corrected chi connectivity index (χ3v) is 5.41. The smallest absolute Gasteiger partial charge is 0.225 e. The molecule has 0 aliphatic carbocycles. The molecule has 0 fully saturated rings. The summed E-state index contributed by atoms with van der Waals surface area (Å²) in [7, 11) is 0. The predicted octanol–water partition coefficient (Wildman–Crippen LogP) is 4.06. The van der Waals surface area contributed by atoms with E-state index in [2.05, 4.69) is 9.97 Å². The summed E-state index contributed by atoms with van der Waals surface area (Å²) in [6, 6.07) is 13.2. The van der Waals surface area contributed by atoms with Crippen LogP contribution in [0.4, 0.5) is 5.69 Å². The second-order valence-corrected chi connectivity index (χ2v) is 7.18. The van der Waals surface area contributed by atoms with E-state index in [0.717, 1.165) is 16.9 Å². The fourth-order valence-corrected chi connectivity index (χ4v) is 3.91. The van der Waals surface area contributed by atoms with Gasteiger partial charge in [0.15, 0.2) is 11.3 Å². The van der Waals surface area contributed by atoms with E-state index in [1.165, 1.54) is 11.3 Å². The molecule has 6 nitrogen and oxygen atoms in total. The van der Waals surface area contributed by atoms with Gasteiger partial charge >= 0.3 is 0 Å². The first-order valence-electron chi connectivity index (χ1n) is 8.89. The summed E-state index contributed by atoms with van der Waals surface area (Å²) in [5.41, 5.74) is 3.44. The highest BCUT2D eigenvalue weighted by molar-refractivity contribution is 7.12. The number of carbonyl (C=O) groups is 2. The Balaban J connectivity index is 1.81. The number of amides is 1. The molecule has 0 saturated carbocycles. The summed E-state index contributed by atoms with van der Waals surface area (Å²) in [6.45, 7) is 4.09. The Morgan fingerprint density at radius 2 is 2.00 bits per heavy atom. The number of hydrogen-bond acceptors (Lipinski definition) is 5. The monoisotopic (exact) mass is 390 g/mol. The van der Waals surface area contributed by atoms with E-state index in [1.54, 1.807) is 30.4 Å². The Morgan fingerprint density at radius 3 is 2.71 bits per heavy atom. The first kappa shape index (κ1) is 18.1. The number of thiophene rings is 1. The molecule has 4 rings (SSSR count). The summed E-state index contributed by atoms with van der Waals surface area (Å²) in [4.78, 5) is 35.7. The largest absolute Gasteiger partial charge is 0.313 e. The van der Waals surface area contributed by atoms with Crippen molar-refractivity contribution in [2.45, 2.75) is 13.8 Å². The van der Waals surface area contributed by atoms with Gasteiger partial charge < -0.3 is 4.90 Å². The van der Waals surface area contributed by atoms with E-state index in [-0.39, 0.29) is 11.7 Å². The SMILES string of the molecule is CCN(C(C)=O)c1cccc(-c2ccnc3c(C(=O)c4cccs4)ncn23)c1. The molecular weight excluding hydrogens is 372 g/mol. The first-order valence-corrected chi connectivity index (χ1v) is 9.77. The number of anilines is 1. The van der Waals surface area contributed by atoms with Crippen LogP contribution in [0.15, 0.2) is 60.4 Å². The molecule has 3 heterocycles. The minimum atomic E-state index is -0.135. The van der Waals surface area contributed by atoms with Crippen molar-refractivity contribution in [3.8, 4) is 11.3 Å². The minimum Gasteiger partial charge on any atom is -0.313 e. The van der Waals surface area contributed by atoms with Crippen molar-refractivity contribution in [1.82, 2.24) is 14.4 Å². The number of fused-ring (bicyclic) bond motifs is 1. The second-order valence-electron chi connectivity index (χ2n) is 6.24. The van der Waals surface area contributed by atoms with E-state index in [1.807, 2.05) is 53.1 Å². The number of nitrogens with zero attached hydrogens (tertiary/aromatic N) is 4. The molecule has 4 aromatic rings. The maximum atomic E-state index is 12.7. The van der Waals surface area contributed by atoms with Gasteiger partial charge in [0.05, 0.1) is 10.6 Å². The number of ketones is 1. The van der Waals surface area contributed by atoms with Gasteiger partial charge in [-0.05, 0) is 36.6 Å². The molecule has 1 amide bonds. The lowest BCUT2D eigenvalue weighted by Crippen LogP contribution is -2.27. The zero-order valence-corrected chi connectivity index (χ0v) is 16.3. The van der Waals surface area contributed by atoms with Crippen molar-refractivity contribution in [3.05, 3.63) is 70.9 Å². The van der Waals surface area contributed by atoms with Crippen LogP contribution in [-0.4, -0.2) is 32.6 Å². The fourth-order valence-electron chi connectivity index (χ4n) is 3.24. The molecule has 0 unspecified atom stereocenters. The highest BCUT2D eigenvalue weighted by atomic mass is 32.1. The van der Waals surface area contributed by atoms with Gasteiger partial charge in [0.2, 0.25) is 11.7 Å². The summed E-state index contributed by atoms with van der Waals surface area (Å²) in [5, 5.41) is 1.87. The molecule has 0 N–H and O–H groups in total. The van der Waals surface area contributed by atoms with E-state index >= 15 is 0 Å². The maximum absolute atomic E-state index is 12.7. The molecule has 7 heteroatoms. The summed E-state index contributed by atoms with van der Waals surface area (Å²) in [5.74, 6) is -0.143. The lowest BCUT2D eigenvalue weighted by Gasteiger charge is -2.20. The van der Waals surface area contributed by atoms with Gasteiger partial charge in [0.1, 0.15) is 6.33 Å². The Morgan fingerprint density at radius 1 is 1.14 bits per heavy atom. The van der Waals surface area contributed by atoms with E-state index in [0.29, 0.717) is 22.8 Å².